The number of carbonyl (C=O) groups excluding carboxylic acids is 1. The minimum Gasteiger partial charge on any atom is -0.352 e. The quantitative estimate of drug-likeness (QED) is 0.843. The molecule has 3 rings (SSSR count). The van der Waals surface area contributed by atoms with E-state index in [1.54, 1.807) is 18.0 Å². The van der Waals surface area contributed by atoms with Crippen LogP contribution in [0.1, 0.15) is 0 Å². The second-order valence-electron chi connectivity index (χ2n) is 5.44. The molecule has 1 aromatic carbocycles. The van der Waals surface area contributed by atoms with Crippen LogP contribution in [0.2, 0.25) is 5.02 Å². The highest BCUT2D eigenvalue weighted by Gasteiger charge is 2.23. The Morgan fingerprint density at radius 1 is 1.17 bits per heavy atom. The summed E-state index contributed by atoms with van der Waals surface area (Å²) >= 11 is 7.87. The molecular weight excluding hydrogens is 344 g/mol. The number of amides is 2. The lowest BCUT2D eigenvalue weighted by atomic mass is 10.3. The zero-order valence-corrected chi connectivity index (χ0v) is 15.0. The van der Waals surface area contributed by atoms with Crippen LogP contribution in [0, 0.1) is 0 Å². The van der Waals surface area contributed by atoms with E-state index in [2.05, 4.69) is 15.2 Å². The fourth-order valence-electron chi connectivity index (χ4n) is 2.61. The van der Waals surface area contributed by atoms with Gasteiger partial charge in [-0.15, -0.1) is 11.8 Å². The van der Waals surface area contributed by atoms with E-state index in [-0.39, 0.29) is 6.03 Å². The molecule has 0 atom stereocenters. The Labute approximate surface area is 151 Å². The number of benzene rings is 1. The number of hydrogen-bond donors (Lipinski definition) is 1. The summed E-state index contributed by atoms with van der Waals surface area (Å²) in [4.78, 5) is 21.8. The van der Waals surface area contributed by atoms with Crippen molar-refractivity contribution in [2.24, 2.45) is 0 Å². The minimum atomic E-state index is -0.0707. The van der Waals surface area contributed by atoms with Crippen molar-refractivity contribution in [2.45, 2.75) is 4.90 Å². The SMILES string of the molecule is CSc1ccc(NC(=O)N2CCN(c3ncccc3Cl)CC2)cc1. The van der Waals surface area contributed by atoms with Crippen molar-refractivity contribution >= 4 is 40.9 Å². The molecule has 0 radical (unpaired) electrons. The van der Waals surface area contributed by atoms with Crippen LogP contribution >= 0.6 is 23.4 Å². The summed E-state index contributed by atoms with van der Waals surface area (Å²) in [5, 5.41) is 3.59. The summed E-state index contributed by atoms with van der Waals surface area (Å²) < 4.78 is 0. The van der Waals surface area contributed by atoms with Gasteiger partial charge in [0.05, 0.1) is 5.02 Å². The third kappa shape index (κ3) is 3.94. The Bertz CT molecular complexity index is 702. The summed E-state index contributed by atoms with van der Waals surface area (Å²) in [6, 6.07) is 11.4. The van der Waals surface area contributed by atoms with Crippen molar-refractivity contribution in [3.63, 3.8) is 0 Å². The fourth-order valence-corrected chi connectivity index (χ4v) is 3.26. The number of aromatic nitrogens is 1. The summed E-state index contributed by atoms with van der Waals surface area (Å²) in [6.07, 6.45) is 3.76. The highest BCUT2D eigenvalue weighted by atomic mass is 35.5. The number of pyridine rings is 1. The topological polar surface area (TPSA) is 48.5 Å². The maximum absolute atomic E-state index is 12.4. The molecule has 1 N–H and O–H groups in total. The van der Waals surface area contributed by atoms with E-state index in [9.17, 15) is 4.79 Å². The van der Waals surface area contributed by atoms with E-state index < -0.39 is 0 Å². The van der Waals surface area contributed by atoms with E-state index in [1.807, 2.05) is 47.6 Å². The van der Waals surface area contributed by atoms with Gasteiger partial charge in [0.25, 0.3) is 0 Å². The zero-order chi connectivity index (χ0) is 16.9. The van der Waals surface area contributed by atoms with E-state index in [0.29, 0.717) is 18.1 Å². The first-order valence-corrected chi connectivity index (χ1v) is 9.33. The van der Waals surface area contributed by atoms with Crippen LogP contribution in [0.4, 0.5) is 16.3 Å². The van der Waals surface area contributed by atoms with Gasteiger partial charge in [-0.3, -0.25) is 0 Å². The van der Waals surface area contributed by atoms with Crippen molar-refractivity contribution in [1.82, 2.24) is 9.88 Å². The lowest BCUT2D eigenvalue weighted by Gasteiger charge is -2.35. The molecule has 2 heterocycles. The van der Waals surface area contributed by atoms with Crippen LogP contribution in [-0.4, -0.2) is 48.3 Å². The molecule has 126 valence electrons. The fraction of sp³-hybridized carbons (Fsp3) is 0.294. The number of halogens is 1. The van der Waals surface area contributed by atoms with E-state index in [4.69, 9.17) is 11.6 Å². The lowest BCUT2D eigenvalue weighted by Crippen LogP contribution is -2.50. The van der Waals surface area contributed by atoms with Crippen LogP contribution in [0.15, 0.2) is 47.5 Å². The number of piperazine rings is 1. The summed E-state index contributed by atoms with van der Waals surface area (Å²) in [6.45, 7) is 2.72. The van der Waals surface area contributed by atoms with Crippen molar-refractivity contribution in [2.75, 3.05) is 42.7 Å². The molecule has 1 aromatic heterocycles. The first-order valence-electron chi connectivity index (χ1n) is 7.73. The molecule has 2 aromatic rings. The maximum atomic E-state index is 12.4. The molecule has 0 spiro atoms. The predicted molar refractivity (Wildman–Crippen MR) is 100 cm³/mol. The molecule has 0 saturated carbocycles. The molecule has 0 unspecified atom stereocenters. The van der Waals surface area contributed by atoms with Gasteiger partial charge in [0.2, 0.25) is 0 Å². The first kappa shape index (κ1) is 16.9. The summed E-state index contributed by atoms with van der Waals surface area (Å²) in [5.74, 6) is 0.784. The molecule has 24 heavy (non-hydrogen) atoms. The van der Waals surface area contributed by atoms with E-state index in [1.165, 1.54) is 4.90 Å². The number of nitrogens with zero attached hydrogens (tertiary/aromatic N) is 3. The molecule has 7 heteroatoms. The molecule has 1 saturated heterocycles. The third-order valence-electron chi connectivity index (χ3n) is 3.95. The van der Waals surface area contributed by atoms with Gasteiger partial charge in [-0.05, 0) is 42.7 Å². The second-order valence-corrected chi connectivity index (χ2v) is 6.73. The van der Waals surface area contributed by atoms with Crippen LogP contribution in [0.25, 0.3) is 0 Å². The van der Waals surface area contributed by atoms with Gasteiger partial charge in [0, 0.05) is 43.0 Å². The largest absolute Gasteiger partial charge is 0.352 e. The second kappa shape index (κ2) is 7.77. The standard InChI is InChI=1S/C17H19ClN4OS/c1-24-14-6-4-13(5-7-14)20-17(23)22-11-9-21(10-12-22)16-15(18)3-2-8-19-16/h2-8H,9-12H2,1H3,(H,20,23). The maximum Gasteiger partial charge on any atom is 0.321 e. The molecule has 5 nitrogen and oxygen atoms in total. The average Bonchev–Trinajstić information content (AvgIpc) is 2.63. The Morgan fingerprint density at radius 3 is 2.50 bits per heavy atom. The van der Waals surface area contributed by atoms with Crippen LogP contribution in [0.3, 0.4) is 0 Å². The number of rotatable bonds is 3. The van der Waals surface area contributed by atoms with Gasteiger partial charge >= 0.3 is 6.03 Å². The Kier molecular flexibility index (Phi) is 5.48. The molecule has 1 fully saturated rings. The highest BCUT2D eigenvalue weighted by molar-refractivity contribution is 7.98. The lowest BCUT2D eigenvalue weighted by molar-refractivity contribution is 0.208. The average molecular weight is 363 g/mol. The first-order chi connectivity index (χ1) is 11.7. The minimum absolute atomic E-state index is 0.0707. The Balaban J connectivity index is 1.56. The van der Waals surface area contributed by atoms with Gasteiger partial charge in [0.15, 0.2) is 0 Å². The number of anilines is 2. The van der Waals surface area contributed by atoms with Gasteiger partial charge in [-0.1, -0.05) is 11.6 Å². The Morgan fingerprint density at radius 2 is 1.88 bits per heavy atom. The number of thioether (sulfide) groups is 1. The molecule has 0 bridgehead atoms. The van der Waals surface area contributed by atoms with Crippen LogP contribution in [-0.2, 0) is 0 Å². The van der Waals surface area contributed by atoms with Gasteiger partial charge in [-0.25, -0.2) is 9.78 Å². The monoisotopic (exact) mass is 362 g/mol. The van der Waals surface area contributed by atoms with E-state index >= 15 is 0 Å². The normalized spacial score (nSPS) is 14.6. The van der Waals surface area contributed by atoms with Gasteiger partial charge in [-0.2, -0.15) is 0 Å². The summed E-state index contributed by atoms with van der Waals surface area (Å²) in [5.41, 5.74) is 0.813. The smallest absolute Gasteiger partial charge is 0.321 e. The number of carbonyl (C=O) groups is 1. The molecule has 1 aliphatic rings. The van der Waals surface area contributed by atoms with Crippen LogP contribution in [0.5, 0.6) is 0 Å². The van der Waals surface area contributed by atoms with Gasteiger partial charge in [0.1, 0.15) is 5.82 Å². The number of hydrogen-bond acceptors (Lipinski definition) is 4. The molecule has 1 aliphatic heterocycles. The van der Waals surface area contributed by atoms with Gasteiger partial charge < -0.3 is 15.1 Å². The van der Waals surface area contributed by atoms with E-state index in [0.717, 1.165) is 24.6 Å². The number of urea groups is 1. The summed E-state index contributed by atoms with van der Waals surface area (Å²) in [7, 11) is 0. The zero-order valence-electron chi connectivity index (χ0n) is 13.4. The molecule has 0 aliphatic carbocycles. The van der Waals surface area contributed by atoms with Crippen molar-refractivity contribution in [3.8, 4) is 0 Å². The predicted octanol–water partition coefficient (Wildman–Crippen LogP) is 3.81. The van der Waals surface area contributed by atoms with Crippen molar-refractivity contribution in [3.05, 3.63) is 47.6 Å². The van der Waals surface area contributed by atoms with Crippen molar-refractivity contribution in [1.29, 1.82) is 0 Å². The Hall–Kier alpha value is -1.92. The third-order valence-corrected chi connectivity index (χ3v) is 4.99. The van der Waals surface area contributed by atoms with Crippen molar-refractivity contribution < 1.29 is 4.79 Å². The number of nitrogens with one attached hydrogen (secondary N) is 1. The molecular formula is C17H19ClN4OS. The van der Waals surface area contributed by atoms with Crippen LogP contribution < -0.4 is 10.2 Å². The molecule has 2 amide bonds. The highest BCUT2D eigenvalue weighted by Crippen LogP contribution is 2.23.